The molecule has 0 aliphatic carbocycles. The molecule has 1 aromatic heterocycles. The molecule has 2 N–H and O–H groups in total. The van der Waals surface area contributed by atoms with E-state index in [4.69, 9.17) is 0 Å². The average molecular weight is 288 g/mol. The number of nitrogens with one attached hydrogen (secondary N) is 2. The van der Waals surface area contributed by atoms with Crippen LogP contribution in [0.2, 0.25) is 0 Å². The molecular formula is C16H21FN4. The Morgan fingerprint density at radius 1 is 1.00 bits per heavy atom. The quantitative estimate of drug-likeness (QED) is 0.725. The SMILES string of the molecule is CCCCCNc1cc(NCc2ccc(F)cc2)ncn1. The fourth-order valence-corrected chi connectivity index (χ4v) is 1.94. The molecule has 0 atom stereocenters. The lowest BCUT2D eigenvalue weighted by molar-refractivity contribution is 0.627. The molecule has 0 aliphatic heterocycles. The largest absolute Gasteiger partial charge is 0.370 e. The summed E-state index contributed by atoms with van der Waals surface area (Å²) in [5.41, 5.74) is 1.01. The van der Waals surface area contributed by atoms with E-state index in [-0.39, 0.29) is 5.82 Å². The van der Waals surface area contributed by atoms with Crippen molar-refractivity contribution in [2.45, 2.75) is 32.7 Å². The average Bonchev–Trinajstić information content (AvgIpc) is 2.52. The molecule has 1 heterocycles. The van der Waals surface area contributed by atoms with Crippen LogP contribution in [-0.2, 0) is 6.54 Å². The molecule has 0 saturated heterocycles. The maximum Gasteiger partial charge on any atom is 0.131 e. The number of benzene rings is 1. The van der Waals surface area contributed by atoms with Gasteiger partial charge in [0, 0.05) is 19.2 Å². The molecule has 5 heteroatoms. The highest BCUT2D eigenvalue weighted by Gasteiger charge is 1.99. The number of aromatic nitrogens is 2. The molecule has 0 amide bonds. The summed E-state index contributed by atoms with van der Waals surface area (Å²) in [5, 5.41) is 6.49. The van der Waals surface area contributed by atoms with Crippen LogP contribution in [0.25, 0.3) is 0 Å². The highest BCUT2D eigenvalue weighted by atomic mass is 19.1. The van der Waals surface area contributed by atoms with Gasteiger partial charge in [-0.15, -0.1) is 0 Å². The van der Waals surface area contributed by atoms with Gasteiger partial charge in [-0.3, -0.25) is 0 Å². The highest BCUT2D eigenvalue weighted by Crippen LogP contribution is 2.11. The predicted molar refractivity (Wildman–Crippen MR) is 83.8 cm³/mol. The van der Waals surface area contributed by atoms with Gasteiger partial charge >= 0.3 is 0 Å². The van der Waals surface area contributed by atoms with Crippen molar-refractivity contribution in [3.8, 4) is 0 Å². The third-order valence-corrected chi connectivity index (χ3v) is 3.14. The van der Waals surface area contributed by atoms with Crippen LogP contribution in [0.1, 0.15) is 31.7 Å². The zero-order chi connectivity index (χ0) is 14.9. The third-order valence-electron chi connectivity index (χ3n) is 3.14. The minimum atomic E-state index is -0.223. The van der Waals surface area contributed by atoms with E-state index in [1.165, 1.54) is 31.3 Å². The molecule has 0 radical (unpaired) electrons. The van der Waals surface area contributed by atoms with Gasteiger partial charge in [-0.1, -0.05) is 31.9 Å². The lowest BCUT2D eigenvalue weighted by Gasteiger charge is -2.08. The van der Waals surface area contributed by atoms with Gasteiger partial charge in [0.25, 0.3) is 0 Å². The Bertz CT molecular complexity index is 542. The van der Waals surface area contributed by atoms with E-state index in [1.807, 2.05) is 6.07 Å². The molecule has 0 spiro atoms. The van der Waals surface area contributed by atoms with Gasteiger partial charge in [-0.25, -0.2) is 14.4 Å². The molecule has 2 rings (SSSR count). The van der Waals surface area contributed by atoms with E-state index in [9.17, 15) is 4.39 Å². The second kappa shape index (κ2) is 8.19. The molecule has 0 fully saturated rings. The second-order valence-corrected chi connectivity index (χ2v) is 4.90. The maximum atomic E-state index is 12.8. The van der Waals surface area contributed by atoms with E-state index >= 15 is 0 Å². The normalized spacial score (nSPS) is 10.4. The van der Waals surface area contributed by atoms with Crippen molar-refractivity contribution in [1.82, 2.24) is 9.97 Å². The first kappa shape index (κ1) is 15.2. The van der Waals surface area contributed by atoms with Crippen molar-refractivity contribution in [1.29, 1.82) is 0 Å². The first-order valence-electron chi connectivity index (χ1n) is 7.32. The highest BCUT2D eigenvalue weighted by molar-refractivity contribution is 5.46. The van der Waals surface area contributed by atoms with Gasteiger partial charge in [0.1, 0.15) is 23.8 Å². The molecule has 0 aliphatic rings. The lowest BCUT2D eigenvalue weighted by atomic mass is 10.2. The first-order chi connectivity index (χ1) is 10.3. The number of halogens is 1. The smallest absolute Gasteiger partial charge is 0.131 e. The van der Waals surface area contributed by atoms with Crippen LogP contribution in [0, 0.1) is 5.82 Å². The minimum Gasteiger partial charge on any atom is -0.370 e. The van der Waals surface area contributed by atoms with Crippen LogP contribution < -0.4 is 10.6 Å². The van der Waals surface area contributed by atoms with Crippen LogP contribution in [0.4, 0.5) is 16.0 Å². The summed E-state index contributed by atoms with van der Waals surface area (Å²) in [7, 11) is 0. The molecule has 4 nitrogen and oxygen atoms in total. The van der Waals surface area contributed by atoms with Crippen molar-refractivity contribution in [3.05, 3.63) is 48.0 Å². The molecule has 0 unspecified atom stereocenters. The van der Waals surface area contributed by atoms with E-state index in [0.717, 1.165) is 30.2 Å². The van der Waals surface area contributed by atoms with Gasteiger partial charge < -0.3 is 10.6 Å². The lowest BCUT2D eigenvalue weighted by Crippen LogP contribution is -2.06. The Hall–Kier alpha value is -2.17. The van der Waals surface area contributed by atoms with E-state index in [1.54, 1.807) is 12.1 Å². The summed E-state index contributed by atoms with van der Waals surface area (Å²) in [6.45, 7) is 3.71. The molecule has 0 saturated carbocycles. The van der Waals surface area contributed by atoms with Crippen molar-refractivity contribution in [3.63, 3.8) is 0 Å². The number of rotatable bonds is 8. The Balaban J connectivity index is 1.84. The van der Waals surface area contributed by atoms with Crippen LogP contribution in [0.15, 0.2) is 36.7 Å². The number of anilines is 2. The van der Waals surface area contributed by atoms with E-state index in [2.05, 4.69) is 27.5 Å². The minimum absolute atomic E-state index is 0.223. The van der Waals surface area contributed by atoms with Crippen molar-refractivity contribution in [2.24, 2.45) is 0 Å². The molecule has 21 heavy (non-hydrogen) atoms. The fourth-order valence-electron chi connectivity index (χ4n) is 1.94. The van der Waals surface area contributed by atoms with Crippen molar-refractivity contribution < 1.29 is 4.39 Å². The molecule has 1 aromatic carbocycles. The van der Waals surface area contributed by atoms with E-state index in [0.29, 0.717) is 6.54 Å². The Labute approximate surface area is 124 Å². The van der Waals surface area contributed by atoms with Crippen LogP contribution in [0.5, 0.6) is 0 Å². The van der Waals surface area contributed by atoms with Crippen LogP contribution in [0.3, 0.4) is 0 Å². The maximum absolute atomic E-state index is 12.8. The van der Waals surface area contributed by atoms with Gasteiger partial charge in [-0.2, -0.15) is 0 Å². The second-order valence-electron chi connectivity index (χ2n) is 4.90. The van der Waals surface area contributed by atoms with Gasteiger partial charge in [-0.05, 0) is 24.1 Å². The number of nitrogens with zero attached hydrogens (tertiary/aromatic N) is 2. The Kier molecular flexibility index (Phi) is 5.94. The van der Waals surface area contributed by atoms with Gasteiger partial charge in [0.05, 0.1) is 0 Å². The van der Waals surface area contributed by atoms with Crippen molar-refractivity contribution >= 4 is 11.6 Å². The summed E-state index contributed by atoms with van der Waals surface area (Å²) < 4.78 is 12.8. The monoisotopic (exact) mass is 288 g/mol. The molecule has 2 aromatic rings. The topological polar surface area (TPSA) is 49.8 Å². The molecule has 0 bridgehead atoms. The Morgan fingerprint density at radius 2 is 1.71 bits per heavy atom. The summed E-state index contributed by atoms with van der Waals surface area (Å²) in [6.07, 6.45) is 5.09. The summed E-state index contributed by atoms with van der Waals surface area (Å²) in [5.74, 6) is 1.36. The van der Waals surface area contributed by atoms with Crippen LogP contribution in [-0.4, -0.2) is 16.5 Å². The molecule has 112 valence electrons. The van der Waals surface area contributed by atoms with Gasteiger partial charge in [0.2, 0.25) is 0 Å². The zero-order valence-corrected chi connectivity index (χ0v) is 12.3. The van der Waals surface area contributed by atoms with E-state index < -0.39 is 0 Å². The first-order valence-corrected chi connectivity index (χ1v) is 7.32. The zero-order valence-electron chi connectivity index (χ0n) is 12.3. The number of unbranched alkanes of at least 4 members (excludes halogenated alkanes) is 2. The van der Waals surface area contributed by atoms with Crippen LogP contribution >= 0.6 is 0 Å². The predicted octanol–water partition coefficient (Wildman–Crippen LogP) is 3.83. The number of hydrogen-bond acceptors (Lipinski definition) is 4. The van der Waals surface area contributed by atoms with Gasteiger partial charge in [0.15, 0.2) is 0 Å². The Morgan fingerprint density at radius 3 is 2.43 bits per heavy atom. The third kappa shape index (κ3) is 5.38. The fraction of sp³-hybridized carbons (Fsp3) is 0.375. The summed E-state index contributed by atoms with van der Waals surface area (Å²) in [4.78, 5) is 8.37. The molecular weight excluding hydrogens is 267 g/mol. The van der Waals surface area contributed by atoms with Crippen molar-refractivity contribution in [2.75, 3.05) is 17.2 Å². The summed E-state index contributed by atoms with van der Waals surface area (Å²) in [6, 6.07) is 8.31. The standard InChI is InChI=1S/C16H21FN4/c1-2-3-4-9-18-15-10-16(21-12-20-15)19-11-13-5-7-14(17)8-6-13/h5-8,10,12H,2-4,9,11H2,1H3,(H2,18,19,20,21). The summed E-state index contributed by atoms with van der Waals surface area (Å²) >= 11 is 0. The number of hydrogen-bond donors (Lipinski definition) is 2.